The lowest BCUT2D eigenvalue weighted by Gasteiger charge is -2.47. The number of likely N-dealkylation sites (N-methyl/N-ethyl adjacent to an activating group) is 1. The molecule has 1 saturated heterocycles. The molecule has 26 heavy (non-hydrogen) atoms. The molecule has 1 aromatic heterocycles. The number of halogens is 2. The van der Waals surface area contributed by atoms with Crippen LogP contribution in [0, 0.1) is 0 Å². The molecule has 0 unspecified atom stereocenters. The maximum Gasteiger partial charge on any atom is 0.407 e. The Kier molecular flexibility index (Phi) is 4.19. The molecule has 0 bridgehead atoms. The fourth-order valence-corrected chi connectivity index (χ4v) is 4.22. The van der Waals surface area contributed by atoms with E-state index in [0.29, 0.717) is 24.7 Å². The number of fused-ring (bicyclic) bond motifs is 5. The number of hydrogen-bond acceptors (Lipinski definition) is 4. The lowest BCUT2D eigenvalue weighted by molar-refractivity contribution is -0.120. The molecule has 2 amide bonds. The molecule has 1 aromatic carbocycles. The van der Waals surface area contributed by atoms with E-state index < -0.39 is 12.1 Å². The summed E-state index contributed by atoms with van der Waals surface area (Å²) < 4.78 is 0.755. The molecule has 2 aliphatic heterocycles. The van der Waals surface area contributed by atoms with Crippen molar-refractivity contribution in [3.63, 3.8) is 0 Å². The standard InChI is InChI=1S/C17H16BrClN4O3/c1-2-22-13-7-20-12-6-10(18)11(19)5-9(12)15(13)23-4-3-21(17(25)26)8-14(23)16(22)24/h5-7,14H,2-4,8H2,1H3,(H,25,26)/t14-/m1/s1. The quantitative estimate of drug-likeness (QED) is 0.738. The Bertz CT molecular complexity index is 938. The summed E-state index contributed by atoms with van der Waals surface area (Å²) >= 11 is 9.73. The van der Waals surface area contributed by atoms with E-state index >= 15 is 0 Å². The highest BCUT2D eigenvalue weighted by molar-refractivity contribution is 9.10. The van der Waals surface area contributed by atoms with Gasteiger partial charge in [0.25, 0.3) is 5.91 Å². The Hall–Kier alpha value is -2.06. The van der Waals surface area contributed by atoms with E-state index in [4.69, 9.17) is 11.6 Å². The molecule has 9 heteroatoms. The average Bonchev–Trinajstić information content (AvgIpc) is 2.62. The monoisotopic (exact) mass is 438 g/mol. The second kappa shape index (κ2) is 6.28. The van der Waals surface area contributed by atoms with Gasteiger partial charge in [0.05, 0.1) is 34.7 Å². The first kappa shape index (κ1) is 17.4. The highest BCUT2D eigenvalue weighted by Gasteiger charge is 2.43. The van der Waals surface area contributed by atoms with E-state index in [9.17, 15) is 14.7 Å². The van der Waals surface area contributed by atoms with E-state index in [1.807, 2.05) is 24.0 Å². The highest BCUT2D eigenvalue weighted by atomic mass is 79.9. The third-order valence-electron chi connectivity index (χ3n) is 4.96. The summed E-state index contributed by atoms with van der Waals surface area (Å²) in [6.07, 6.45) is 0.706. The van der Waals surface area contributed by atoms with Crippen LogP contribution in [0.4, 0.5) is 16.2 Å². The van der Waals surface area contributed by atoms with Gasteiger partial charge >= 0.3 is 6.09 Å². The van der Waals surface area contributed by atoms with Crippen molar-refractivity contribution in [2.75, 3.05) is 36.0 Å². The van der Waals surface area contributed by atoms with E-state index in [-0.39, 0.29) is 12.5 Å². The van der Waals surface area contributed by atoms with Gasteiger partial charge in [0.15, 0.2) is 0 Å². The summed E-state index contributed by atoms with van der Waals surface area (Å²) in [7, 11) is 0. The van der Waals surface area contributed by atoms with Gasteiger partial charge in [-0.1, -0.05) is 11.6 Å². The zero-order valence-electron chi connectivity index (χ0n) is 13.9. The van der Waals surface area contributed by atoms with Gasteiger partial charge < -0.3 is 19.8 Å². The van der Waals surface area contributed by atoms with Crippen molar-refractivity contribution in [3.8, 4) is 0 Å². The molecule has 7 nitrogen and oxygen atoms in total. The van der Waals surface area contributed by atoms with Crippen LogP contribution in [0.1, 0.15) is 6.92 Å². The van der Waals surface area contributed by atoms with Crippen molar-refractivity contribution < 1.29 is 14.7 Å². The van der Waals surface area contributed by atoms with Gasteiger partial charge in [0.2, 0.25) is 0 Å². The maximum atomic E-state index is 13.0. The van der Waals surface area contributed by atoms with E-state index in [1.54, 1.807) is 11.1 Å². The summed E-state index contributed by atoms with van der Waals surface area (Å²) in [5.41, 5.74) is 2.40. The Morgan fingerprint density at radius 2 is 2.19 bits per heavy atom. The Morgan fingerprint density at radius 3 is 2.88 bits per heavy atom. The Labute approximate surface area is 163 Å². The minimum atomic E-state index is -1.00. The normalized spacial score (nSPS) is 19.6. The van der Waals surface area contributed by atoms with Crippen LogP contribution < -0.4 is 9.80 Å². The summed E-state index contributed by atoms with van der Waals surface area (Å²) in [6.45, 7) is 3.32. The van der Waals surface area contributed by atoms with Crippen LogP contribution in [0.15, 0.2) is 22.8 Å². The fourth-order valence-electron chi connectivity index (χ4n) is 3.72. The minimum absolute atomic E-state index is 0.102. The number of amides is 2. The number of rotatable bonds is 1. The molecule has 0 aliphatic carbocycles. The molecule has 0 saturated carbocycles. The van der Waals surface area contributed by atoms with E-state index in [1.165, 1.54) is 4.90 Å². The first-order chi connectivity index (χ1) is 12.4. The number of carbonyl (C=O) groups excluding carboxylic acids is 1. The van der Waals surface area contributed by atoms with Crippen molar-refractivity contribution >= 4 is 61.8 Å². The molecule has 3 heterocycles. The maximum absolute atomic E-state index is 13.0. The van der Waals surface area contributed by atoms with Crippen LogP contribution in [-0.2, 0) is 4.79 Å². The van der Waals surface area contributed by atoms with E-state index in [2.05, 4.69) is 20.9 Å². The number of anilines is 2. The Morgan fingerprint density at radius 1 is 1.42 bits per heavy atom. The predicted molar refractivity (Wildman–Crippen MR) is 103 cm³/mol. The smallest absolute Gasteiger partial charge is 0.407 e. The molecule has 136 valence electrons. The predicted octanol–water partition coefficient (Wildman–Crippen LogP) is 3.19. The SMILES string of the molecule is CCN1C(=O)[C@H]2CN(C(=O)O)CCN2c2c1cnc1cc(Br)c(Cl)cc21. The summed E-state index contributed by atoms with van der Waals surface area (Å²) in [6, 6.07) is 3.16. The number of hydrogen-bond donors (Lipinski definition) is 1. The van der Waals surface area contributed by atoms with Crippen LogP contribution >= 0.6 is 27.5 Å². The van der Waals surface area contributed by atoms with Gasteiger partial charge in [0.1, 0.15) is 6.04 Å². The van der Waals surface area contributed by atoms with Crippen molar-refractivity contribution in [3.05, 3.63) is 27.8 Å². The molecule has 0 spiro atoms. The largest absolute Gasteiger partial charge is 0.465 e. The van der Waals surface area contributed by atoms with Crippen molar-refractivity contribution in [2.24, 2.45) is 0 Å². The third-order valence-corrected chi connectivity index (χ3v) is 6.16. The van der Waals surface area contributed by atoms with Gasteiger partial charge in [-0.15, -0.1) is 0 Å². The first-order valence-corrected chi connectivity index (χ1v) is 9.43. The molecule has 2 aromatic rings. The molecule has 1 atom stereocenters. The van der Waals surface area contributed by atoms with Crippen LogP contribution in [-0.4, -0.2) is 59.2 Å². The van der Waals surface area contributed by atoms with Crippen LogP contribution in [0.5, 0.6) is 0 Å². The molecule has 1 fully saturated rings. The second-order valence-corrected chi connectivity index (χ2v) is 7.56. The van der Waals surface area contributed by atoms with Gasteiger partial charge in [-0.2, -0.15) is 0 Å². The summed E-state index contributed by atoms with van der Waals surface area (Å²) in [5, 5.41) is 10.7. The van der Waals surface area contributed by atoms with Crippen molar-refractivity contribution in [1.29, 1.82) is 0 Å². The van der Waals surface area contributed by atoms with Crippen molar-refractivity contribution in [1.82, 2.24) is 9.88 Å². The number of aromatic nitrogens is 1. The Balaban J connectivity index is 1.93. The number of carboxylic acid groups (broad SMARTS) is 1. The summed E-state index contributed by atoms with van der Waals surface area (Å²) in [4.78, 5) is 33.8. The van der Waals surface area contributed by atoms with Crippen LogP contribution in [0.3, 0.4) is 0 Å². The molecule has 4 rings (SSSR count). The number of benzene rings is 1. The average molecular weight is 440 g/mol. The highest BCUT2D eigenvalue weighted by Crippen LogP contribution is 2.43. The van der Waals surface area contributed by atoms with E-state index in [0.717, 1.165) is 26.8 Å². The minimum Gasteiger partial charge on any atom is -0.465 e. The number of pyridine rings is 1. The van der Waals surface area contributed by atoms with Gasteiger partial charge in [-0.3, -0.25) is 9.78 Å². The van der Waals surface area contributed by atoms with Crippen LogP contribution in [0.25, 0.3) is 10.9 Å². The number of piperazine rings is 1. The zero-order chi connectivity index (χ0) is 18.6. The lowest BCUT2D eigenvalue weighted by atomic mass is 10.0. The zero-order valence-corrected chi connectivity index (χ0v) is 16.3. The van der Waals surface area contributed by atoms with Crippen LogP contribution in [0.2, 0.25) is 5.02 Å². The molecule has 0 radical (unpaired) electrons. The topological polar surface area (TPSA) is 77.0 Å². The molecule has 2 aliphatic rings. The third kappa shape index (κ3) is 2.51. The van der Waals surface area contributed by atoms with Crippen molar-refractivity contribution in [2.45, 2.75) is 13.0 Å². The van der Waals surface area contributed by atoms with Gasteiger partial charge in [-0.05, 0) is 35.0 Å². The molecular formula is C17H16BrClN4O3. The van der Waals surface area contributed by atoms with Gasteiger partial charge in [0, 0.05) is 29.5 Å². The number of carbonyl (C=O) groups is 2. The fraction of sp³-hybridized carbons (Fsp3) is 0.353. The molecule has 1 N–H and O–H groups in total. The first-order valence-electron chi connectivity index (χ1n) is 8.26. The van der Waals surface area contributed by atoms with Gasteiger partial charge in [-0.25, -0.2) is 4.79 Å². The number of nitrogens with zero attached hydrogens (tertiary/aromatic N) is 4. The summed E-state index contributed by atoms with van der Waals surface area (Å²) in [5.74, 6) is -0.102. The second-order valence-electron chi connectivity index (χ2n) is 6.30. The lowest BCUT2D eigenvalue weighted by Crippen LogP contribution is -2.63. The molecular weight excluding hydrogens is 424 g/mol.